The second-order valence-corrected chi connectivity index (χ2v) is 10.9. The molecule has 2 N–H and O–H groups in total. The highest BCUT2D eigenvalue weighted by Crippen LogP contribution is 2.63. The number of hydrogen-bond acceptors (Lipinski definition) is 6. The molecule has 0 aliphatic rings. The van der Waals surface area contributed by atoms with Crippen LogP contribution in [0, 0.1) is 0 Å². The predicted octanol–water partition coefficient (Wildman–Crippen LogP) is 6.33. The van der Waals surface area contributed by atoms with E-state index in [0.29, 0.717) is 21.3 Å². The maximum Gasteiger partial charge on any atom is 0.219 e. The van der Waals surface area contributed by atoms with Crippen molar-refractivity contribution in [2.24, 2.45) is 0 Å². The van der Waals surface area contributed by atoms with Crippen molar-refractivity contribution in [2.75, 3.05) is 0 Å². The molecule has 0 saturated heterocycles. The van der Waals surface area contributed by atoms with E-state index in [1.807, 2.05) is 26.8 Å². The van der Waals surface area contributed by atoms with Gasteiger partial charge in [0.15, 0.2) is 0 Å². The van der Waals surface area contributed by atoms with E-state index >= 15 is 0 Å². The molecule has 2 aromatic heterocycles. The smallest absolute Gasteiger partial charge is 0.219 e. The Balaban J connectivity index is 1.94. The summed E-state index contributed by atoms with van der Waals surface area (Å²) in [6, 6.07) is 8.23. The van der Waals surface area contributed by atoms with Crippen molar-refractivity contribution in [1.82, 2.24) is 10.1 Å². The number of rotatable bonds is 4. The molecule has 146 valence electrons. The van der Waals surface area contributed by atoms with Crippen LogP contribution >= 0.6 is 22.2 Å². The summed E-state index contributed by atoms with van der Waals surface area (Å²) in [5.74, 6) is 0.930. The first-order valence-electron chi connectivity index (χ1n) is 8.40. The van der Waals surface area contributed by atoms with Gasteiger partial charge in [0.1, 0.15) is 28.2 Å². The number of oxazole rings is 1. The summed E-state index contributed by atoms with van der Waals surface area (Å²) < 4.78 is 31.6. The van der Waals surface area contributed by atoms with Crippen molar-refractivity contribution in [3.63, 3.8) is 0 Å². The van der Waals surface area contributed by atoms with Crippen LogP contribution < -0.4 is 0 Å². The predicted molar refractivity (Wildman–Crippen MR) is 106 cm³/mol. The topological polar surface area (TPSA) is 92.5 Å². The lowest BCUT2D eigenvalue weighted by atomic mass is 9.93. The second-order valence-electron chi connectivity index (χ2n) is 7.88. The van der Waals surface area contributed by atoms with Crippen molar-refractivity contribution in [3.05, 3.63) is 53.3 Å². The molecule has 6 nitrogen and oxygen atoms in total. The number of benzene rings is 1. The summed E-state index contributed by atoms with van der Waals surface area (Å²) in [4.78, 5) is 4.81. The van der Waals surface area contributed by atoms with Crippen molar-refractivity contribution in [3.8, 4) is 11.4 Å². The quantitative estimate of drug-likeness (QED) is 0.522. The van der Waals surface area contributed by atoms with Crippen LogP contribution in [0.1, 0.15) is 46.3 Å². The van der Waals surface area contributed by atoms with E-state index in [1.165, 1.54) is 6.26 Å². The SMILES string of the molecule is CC(C)(C)c1cc(-c2coc(C(C)(C)S(O)(O)c3ccc(Cl)cc3)n2)no1. The molecule has 3 aromatic rings. The molecule has 8 heteroatoms. The molecule has 0 saturated carbocycles. The minimum absolute atomic E-state index is 0.179. The maximum atomic E-state index is 10.9. The van der Waals surface area contributed by atoms with Gasteiger partial charge in [0.25, 0.3) is 0 Å². The van der Waals surface area contributed by atoms with E-state index in [0.717, 1.165) is 5.76 Å². The van der Waals surface area contributed by atoms with Crippen LogP contribution in [0.5, 0.6) is 0 Å². The Labute approximate surface area is 164 Å². The molecule has 1 aromatic carbocycles. The van der Waals surface area contributed by atoms with Crippen LogP contribution in [0.2, 0.25) is 5.02 Å². The molecule has 0 aliphatic carbocycles. The Morgan fingerprint density at radius 1 is 1.00 bits per heavy atom. The summed E-state index contributed by atoms with van der Waals surface area (Å²) in [6.45, 7) is 9.42. The van der Waals surface area contributed by atoms with Gasteiger partial charge in [-0.2, -0.15) is 10.6 Å². The Kier molecular flexibility index (Phi) is 4.93. The zero-order chi connectivity index (χ0) is 20.0. The lowest BCUT2D eigenvalue weighted by molar-refractivity contribution is 0.330. The highest BCUT2D eigenvalue weighted by Gasteiger charge is 2.42. The van der Waals surface area contributed by atoms with Gasteiger partial charge in [-0.15, -0.1) is 0 Å². The zero-order valence-corrected chi connectivity index (χ0v) is 17.4. The number of hydrogen-bond donors (Lipinski definition) is 2. The molecule has 0 radical (unpaired) electrons. The standard InChI is InChI=1S/C19H23ClN2O4S/c1-18(2,3)16-10-14(22-26-16)15-11-25-17(21-15)19(4,5)27(23,24)13-8-6-12(20)7-9-13/h6-11,23-24H,1-5H3. The van der Waals surface area contributed by atoms with E-state index in [4.69, 9.17) is 20.5 Å². The van der Waals surface area contributed by atoms with Gasteiger partial charge >= 0.3 is 0 Å². The van der Waals surface area contributed by atoms with E-state index in [-0.39, 0.29) is 11.3 Å². The molecule has 0 bridgehead atoms. The number of halogens is 1. The fourth-order valence-electron chi connectivity index (χ4n) is 2.46. The first-order chi connectivity index (χ1) is 12.4. The van der Waals surface area contributed by atoms with Crippen molar-refractivity contribution < 1.29 is 18.0 Å². The van der Waals surface area contributed by atoms with Crippen molar-refractivity contribution in [1.29, 1.82) is 0 Å². The molecule has 0 unspecified atom stereocenters. The Hall–Kier alpha value is -1.80. The molecule has 27 heavy (non-hydrogen) atoms. The van der Waals surface area contributed by atoms with Crippen molar-refractivity contribution >= 4 is 22.2 Å². The molecule has 3 rings (SSSR count). The lowest BCUT2D eigenvalue weighted by Crippen LogP contribution is -2.26. The molecule has 0 fully saturated rings. The maximum absolute atomic E-state index is 10.9. The fraction of sp³-hybridized carbons (Fsp3) is 0.368. The highest BCUT2D eigenvalue weighted by molar-refractivity contribution is 8.25. The average molecular weight is 411 g/mol. The van der Waals surface area contributed by atoms with Gasteiger partial charge in [-0.05, 0) is 38.1 Å². The lowest BCUT2D eigenvalue weighted by Gasteiger charge is -2.44. The van der Waals surface area contributed by atoms with Crippen LogP contribution in [0.25, 0.3) is 11.4 Å². The van der Waals surface area contributed by atoms with Gasteiger partial charge in [-0.3, -0.25) is 9.11 Å². The number of nitrogens with zero attached hydrogens (tertiary/aromatic N) is 2. The van der Waals surface area contributed by atoms with Crippen LogP contribution in [0.3, 0.4) is 0 Å². The number of aromatic nitrogens is 2. The van der Waals surface area contributed by atoms with Crippen LogP contribution in [0.15, 0.2) is 50.4 Å². The Morgan fingerprint density at radius 3 is 2.19 bits per heavy atom. The third-order valence-electron chi connectivity index (χ3n) is 4.38. The van der Waals surface area contributed by atoms with Crippen LogP contribution in [-0.4, -0.2) is 19.2 Å². The van der Waals surface area contributed by atoms with E-state index in [1.54, 1.807) is 38.1 Å². The molecule has 0 aliphatic heterocycles. The Bertz CT molecular complexity index is 939. The normalized spacial score (nSPS) is 13.8. The van der Waals surface area contributed by atoms with E-state index in [9.17, 15) is 9.11 Å². The Morgan fingerprint density at radius 2 is 1.63 bits per heavy atom. The minimum atomic E-state index is -3.25. The molecular weight excluding hydrogens is 388 g/mol. The third-order valence-corrected chi connectivity index (χ3v) is 7.16. The average Bonchev–Trinajstić information content (AvgIpc) is 3.24. The largest absolute Gasteiger partial charge is 0.446 e. The third kappa shape index (κ3) is 3.65. The van der Waals surface area contributed by atoms with Gasteiger partial charge in [0.05, 0.1) is 4.90 Å². The molecule has 0 amide bonds. The van der Waals surface area contributed by atoms with Crippen molar-refractivity contribution in [2.45, 2.75) is 49.7 Å². The fourth-order valence-corrected chi connectivity index (χ4v) is 4.03. The minimum Gasteiger partial charge on any atom is -0.446 e. The molecular formula is C19H23ClN2O4S. The van der Waals surface area contributed by atoms with Gasteiger partial charge < -0.3 is 8.94 Å². The zero-order valence-electron chi connectivity index (χ0n) is 15.9. The van der Waals surface area contributed by atoms with Gasteiger partial charge in [0.2, 0.25) is 5.89 Å². The molecule has 0 spiro atoms. The summed E-state index contributed by atoms with van der Waals surface area (Å²) in [5.41, 5.74) is 0.832. The summed E-state index contributed by atoms with van der Waals surface area (Å²) in [5, 5.41) is 4.57. The first kappa shape index (κ1) is 19.9. The summed E-state index contributed by atoms with van der Waals surface area (Å²) in [6.07, 6.45) is 1.44. The molecule has 0 atom stereocenters. The van der Waals surface area contributed by atoms with E-state index in [2.05, 4.69) is 10.1 Å². The van der Waals surface area contributed by atoms with Gasteiger partial charge in [0, 0.05) is 16.5 Å². The van der Waals surface area contributed by atoms with Crippen LogP contribution in [-0.2, 0) is 10.2 Å². The first-order valence-corrected chi connectivity index (χ1v) is 10.3. The highest BCUT2D eigenvalue weighted by atomic mass is 35.5. The van der Waals surface area contributed by atoms with Gasteiger partial charge in [-0.1, -0.05) is 37.5 Å². The summed E-state index contributed by atoms with van der Waals surface area (Å²) >= 11 is 5.90. The second kappa shape index (κ2) is 6.67. The monoisotopic (exact) mass is 410 g/mol. The molecule has 2 heterocycles. The summed E-state index contributed by atoms with van der Waals surface area (Å²) in [7, 11) is -3.25. The van der Waals surface area contributed by atoms with E-state index < -0.39 is 15.3 Å². The van der Waals surface area contributed by atoms with Crippen LogP contribution in [0.4, 0.5) is 0 Å². The van der Waals surface area contributed by atoms with Gasteiger partial charge in [-0.25, -0.2) is 4.98 Å².